The highest BCUT2D eigenvalue weighted by Crippen LogP contribution is 2.34. The molecule has 0 radical (unpaired) electrons. The minimum atomic E-state index is -0.458. The quantitative estimate of drug-likeness (QED) is 0.661. The molecular formula is C28H38N6O3. The second kappa shape index (κ2) is 10.4. The summed E-state index contributed by atoms with van der Waals surface area (Å²) in [7, 11) is 2.11. The minimum absolute atomic E-state index is 0.00584. The molecule has 0 saturated carbocycles. The number of likely N-dealkylation sites (tertiary alicyclic amines) is 2. The summed E-state index contributed by atoms with van der Waals surface area (Å²) in [5.41, 5.74) is 1.37. The number of nitriles is 1. The van der Waals surface area contributed by atoms with Crippen LogP contribution in [-0.4, -0.2) is 101 Å². The highest BCUT2D eigenvalue weighted by molar-refractivity contribution is 5.92. The summed E-state index contributed by atoms with van der Waals surface area (Å²) in [6, 6.07) is 9.97. The Bertz CT molecular complexity index is 1040. The molecule has 4 fully saturated rings. The zero-order valence-corrected chi connectivity index (χ0v) is 22.0. The number of nitrogens with one attached hydrogen (secondary N) is 1. The third-order valence-electron chi connectivity index (χ3n) is 9.14. The standard InChI is InChI=1S/C28H38N6O3/c1-20(35)33-11-7-23(8-12-33)31(2)24-15-25-27(37)30-28(16-26(36)34(25)19-24)9-13-32(14-10-28)18-22-5-3-21(17-29)4-6-22/h3-6,23-25H,7-16,18-19H2,1-2H3,(H,30,37)/t24-,25-/m0/s1. The summed E-state index contributed by atoms with van der Waals surface area (Å²) in [5.74, 6) is 0.214. The molecule has 9 heteroatoms. The smallest absolute Gasteiger partial charge is 0.243 e. The van der Waals surface area contributed by atoms with Gasteiger partial charge in [0.25, 0.3) is 0 Å². The molecule has 0 bridgehead atoms. The van der Waals surface area contributed by atoms with Gasteiger partial charge >= 0.3 is 0 Å². The molecule has 198 valence electrons. The van der Waals surface area contributed by atoms with Crippen molar-refractivity contribution >= 4 is 17.7 Å². The van der Waals surface area contributed by atoms with E-state index >= 15 is 0 Å². The van der Waals surface area contributed by atoms with E-state index in [0.717, 1.165) is 58.4 Å². The van der Waals surface area contributed by atoms with Crippen molar-refractivity contribution in [2.24, 2.45) is 0 Å². The van der Waals surface area contributed by atoms with Crippen molar-refractivity contribution in [3.8, 4) is 6.07 Å². The number of carbonyl (C=O) groups is 3. The number of fused-ring (bicyclic) bond motifs is 1. The van der Waals surface area contributed by atoms with Crippen LogP contribution in [0.5, 0.6) is 0 Å². The molecule has 5 rings (SSSR count). The molecule has 4 heterocycles. The lowest BCUT2D eigenvalue weighted by Crippen LogP contribution is -2.56. The van der Waals surface area contributed by atoms with E-state index in [2.05, 4.69) is 28.2 Å². The SMILES string of the molecule is CC(=O)N1CCC(N(C)[C@H]2C[C@H]3C(=O)NC4(CCN(Cc5ccc(C#N)cc5)CC4)CC(=O)N3C2)CC1. The lowest BCUT2D eigenvalue weighted by Gasteiger charge is -2.41. The lowest BCUT2D eigenvalue weighted by atomic mass is 9.83. The molecule has 4 aliphatic heterocycles. The van der Waals surface area contributed by atoms with Gasteiger partial charge in [-0.1, -0.05) is 12.1 Å². The van der Waals surface area contributed by atoms with Crippen LogP contribution in [0.3, 0.4) is 0 Å². The van der Waals surface area contributed by atoms with Crippen LogP contribution < -0.4 is 5.32 Å². The van der Waals surface area contributed by atoms with Crippen molar-refractivity contribution in [3.05, 3.63) is 35.4 Å². The van der Waals surface area contributed by atoms with Crippen LogP contribution in [0.2, 0.25) is 0 Å². The van der Waals surface area contributed by atoms with E-state index in [-0.39, 0.29) is 23.8 Å². The largest absolute Gasteiger partial charge is 0.348 e. The van der Waals surface area contributed by atoms with Gasteiger partial charge < -0.3 is 15.1 Å². The molecule has 2 atom stereocenters. The number of hydrogen-bond acceptors (Lipinski definition) is 6. The lowest BCUT2D eigenvalue weighted by molar-refractivity contribution is -0.136. The number of benzene rings is 1. The number of carbonyl (C=O) groups excluding carboxylic acids is 3. The van der Waals surface area contributed by atoms with Gasteiger partial charge in [-0.15, -0.1) is 0 Å². The predicted octanol–water partition coefficient (Wildman–Crippen LogP) is 1.32. The molecule has 1 aromatic carbocycles. The molecule has 1 N–H and O–H groups in total. The van der Waals surface area contributed by atoms with Crippen LogP contribution in [-0.2, 0) is 20.9 Å². The van der Waals surface area contributed by atoms with E-state index in [1.54, 1.807) is 6.92 Å². The van der Waals surface area contributed by atoms with Gasteiger partial charge in [-0.2, -0.15) is 5.26 Å². The van der Waals surface area contributed by atoms with E-state index < -0.39 is 11.6 Å². The zero-order chi connectivity index (χ0) is 26.2. The molecule has 37 heavy (non-hydrogen) atoms. The van der Waals surface area contributed by atoms with Gasteiger partial charge in [-0.05, 0) is 56.8 Å². The molecule has 0 aliphatic carbocycles. The van der Waals surface area contributed by atoms with E-state index in [1.165, 1.54) is 5.56 Å². The number of likely N-dealkylation sites (N-methyl/N-ethyl adjacent to an activating group) is 1. The van der Waals surface area contributed by atoms with Crippen LogP contribution in [0.25, 0.3) is 0 Å². The second-order valence-electron chi connectivity index (χ2n) is 11.4. The van der Waals surface area contributed by atoms with Gasteiger partial charge in [0.05, 0.1) is 23.6 Å². The first-order chi connectivity index (χ1) is 17.8. The topological polar surface area (TPSA) is 100.0 Å². The number of amides is 3. The maximum atomic E-state index is 13.4. The Kier molecular flexibility index (Phi) is 7.24. The van der Waals surface area contributed by atoms with E-state index in [1.807, 2.05) is 34.1 Å². The van der Waals surface area contributed by atoms with Gasteiger partial charge in [0, 0.05) is 58.3 Å². The second-order valence-corrected chi connectivity index (χ2v) is 11.4. The molecular weight excluding hydrogens is 468 g/mol. The highest BCUT2D eigenvalue weighted by Gasteiger charge is 2.49. The van der Waals surface area contributed by atoms with Gasteiger partial charge in [0.2, 0.25) is 17.7 Å². The summed E-state index contributed by atoms with van der Waals surface area (Å²) >= 11 is 0. The van der Waals surface area contributed by atoms with Crippen molar-refractivity contribution in [2.75, 3.05) is 39.8 Å². The Labute approximate surface area is 219 Å². The first kappa shape index (κ1) is 25.7. The zero-order valence-electron chi connectivity index (χ0n) is 22.0. The van der Waals surface area contributed by atoms with Crippen molar-refractivity contribution in [1.29, 1.82) is 5.26 Å². The van der Waals surface area contributed by atoms with Crippen LogP contribution in [0.4, 0.5) is 0 Å². The fourth-order valence-corrected chi connectivity index (χ4v) is 6.68. The predicted molar refractivity (Wildman–Crippen MR) is 138 cm³/mol. The molecule has 3 amide bonds. The fourth-order valence-electron chi connectivity index (χ4n) is 6.68. The summed E-state index contributed by atoms with van der Waals surface area (Å²) in [4.78, 5) is 47.0. The van der Waals surface area contributed by atoms with Gasteiger partial charge in [-0.3, -0.25) is 24.2 Å². The van der Waals surface area contributed by atoms with Gasteiger partial charge in [-0.25, -0.2) is 0 Å². The van der Waals surface area contributed by atoms with Crippen LogP contribution in [0, 0.1) is 11.3 Å². The third-order valence-corrected chi connectivity index (χ3v) is 9.14. The maximum Gasteiger partial charge on any atom is 0.243 e. The molecule has 1 aromatic rings. The Morgan fingerprint density at radius 2 is 1.78 bits per heavy atom. The molecule has 9 nitrogen and oxygen atoms in total. The van der Waals surface area contributed by atoms with Gasteiger partial charge in [0.1, 0.15) is 6.04 Å². The molecule has 1 spiro atoms. The third kappa shape index (κ3) is 5.36. The molecule has 4 aliphatic rings. The number of hydrogen-bond donors (Lipinski definition) is 1. The van der Waals surface area contributed by atoms with E-state index in [4.69, 9.17) is 5.26 Å². The van der Waals surface area contributed by atoms with Crippen molar-refractivity contribution < 1.29 is 14.4 Å². The number of piperidine rings is 2. The summed E-state index contributed by atoms with van der Waals surface area (Å²) in [6.07, 6.45) is 4.42. The van der Waals surface area contributed by atoms with E-state index in [0.29, 0.717) is 31.0 Å². The maximum absolute atomic E-state index is 13.4. The summed E-state index contributed by atoms with van der Waals surface area (Å²) in [6.45, 7) is 6.21. The normalized spacial score (nSPS) is 26.6. The summed E-state index contributed by atoms with van der Waals surface area (Å²) in [5, 5.41) is 12.3. The summed E-state index contributed by atoms with van der Waals surface area (Å²) < 4.78 is 0. The Hall–Kier alpha value is -2.96. The highest BCUT2D eigenvalue weighted by atomic mass is 16.2. The van der Waals surface area contributed by atoms with E-state index in [9.17, 15) is 14.4 Å². The van der Waals surface area contributed by atoms with Crippen molar-refractivity contribution in [2.45, 2.75) is 75.7 Å². The molecule has 0 aromatic heterocycles. The fraction of sp³-hybridized carbons (Fsp3) is 0.643. The Morgan fingerprint density at radius 1 is 1.11 bits per heavy atom. The average molecular weight is 507 g/mol. The molecule has 4 saturated heterocycles. The van der Waals surface area contributed by atoms with Crippen LogP contribution >= 0.6 is 0 Å². The Morgan fingerprint density at radius 3 is 2.41 bits per heavy atom. The first-order valence-electron chi connectivity index (χ1n) is 13.6. The first-order valence-corrected chi connectivity index (χ1v) is 13.6. The minimum Gasteiger partial charge on any atom is -0.348 e. The Balaban J connectivity index is 1.16. The van der Waals surface area contributed by atoms with Gasteiger partial charge in [0.15, 0.2) is 0 Å². The number of rotatable bonds is 4. The molecule has 0 unspecified atom stereocenters. The monoisotopic (exact) mass is 506 g/mol. The van der Waals surface area contributed by atoms with Crippen LogP contribution in [0.15, 0.2) is 24.3 Å². The number of nitrogens with zero attached hydrogens (tertiary/aromatic N) is 5. The van der Waals surface area contributed by atoms with Crippen LogP contribution in [0.1, 0.15) is 56.6 Å². The van der Waals surface area contributed by atoms with Crippen molar-refractivity contribution in [3.63, 3.8) is 0 Å². The average Bonchev–Trinajstić information content (AvgIpc) is 3.33. The van der Waals surface area contributed by atoms with Crippen molar-refractivity contribution in [1.82, 2.24) is 24.9 Å².